The van der Waals surface area contributed by atoms with Crippen LogP contribution in [0.2, 0.25) is 5.02 Å². The second-order valence-electron chi connectivity index (χ2n) is 4.35. The lowest BCUT2D eigenvalue weighted by atomic mass is 10.1. The van der Waals surface area contributed by atoms with Gasteiger partial charge in [0.15, 0.2) is 0 Å². The summed E-state index contributed by atoms with van der Waals surface area (Å²) >= 11 is 5.78. The average Bonchev–Trinajstić information content (AvgIpc) is 2.46. The molecule has 2 rings (SSSR count). The fraction of sp³-hybridized carbons (Fsp3) is 0.200. The van der Waals surface area contributed by atoms with E-state index < -0.39 is 12.7 Å². The summed E-state index contributed by atoms with van der Waals surface area (Å²) in [5.41, 5.74) is 1.44. The summed E-state index contributed by atoms with van der Waals surface area (Å²) in [5.74, 6) is 0.0915. The Hall–Kier alpha value is -1.85. The number of alkyl halides is 2. The van der Waals surface area contributed by atoms with E-state index in [9.17, 15) is 13.9 Å². The van der Waals surface area contributed by atoms with Crippen molar-refractivity contribution in [2.75, 3.05) is 11.9 Å². The van der Waals surface area contributed by atoms with E-state index in [0.717, 1.165) is 5.56 Å². The topological polar surface area (TPSA) is 41.5 Å². The second kappa shape index (κ2) is 7.24. The van der Waals surface area contributed by atoms with E-state index in [0.29, 0.717) is 10.7 Å². The van der Waals surface area contributed by atoms with Gasteiger partial charge in [0.1, 0.15) is 5.75 Å². The van der Waals surface area contributed by atoms with E-state index >= 15 is 0 Å². The number of aliphatic hydroxyl groups excluding tert-OH is 1. The fourth-order valence-corrected chi connectivity index (χ4v) is 1.90. The molecular formula is C15H14ClF2NO2. The highest BCUT2D eigenvalue weighted by molar-refractivity contribution is 6.30. The molecule has 6 heteroatoms. The van der Waals surface area contributed by atoms with Crippen molar-refractivity contribution in [2.24, 2.45) is 0 Å². The van der Waals surface area contributed by atoms with E-state index in [1.807, 2.05) is 0 Å². The Morgan fingerprint density at radius 3 is 2.24 bits per heavy atom. The van der Waals surface area contributed by atoms with Gasteiger partial charge in [-0.15, -0.1) is 0 Å². The van der Waals surface area contributed by atoms with Crippen molar-refractivity contribution < 1.29 is 18.6 Å². The Morgan fingerprint density at radius 2 is 1.67 bits per heavy atom. The molecule has 0 radical (unpaired) electrons. The van der Waals surface area contributed by atoms with Crippen LogP contribution in [0.1, 0.15) is 11.7 Å². The number of hydrogen-bond acceptors (Lipinski definition) is 3. The molecule has 0 aliphatic rings. The summed E-state index contributed by atoms with van der Waals surface area (Å²) in [5, 5.41) is 13.6. The minimum atomic E-state index is -2.84. The molecule has 0 aliphatic heterocycles. The standard InChI is InChI=1S/C15H14ClF2NO2/c16-11-3-1-10(2-4-11)14(20)9-19-12-5-7-13(8-6-12)21-15(17)18/h1-8,14-15,19-20H,9H2. The molecule has 1 atom stereocenters. The molecule has 0 saturated carbocycles. The van der Waals surface area contributed by atoms with Gasteiger partial charge in [-0.05, 0) is 42.0 Å². The maximum atomic E-state index is 12.0. The van der Waals surface area contributed by atoms with E-state index in [4.69, 9.17) is 11.6 Å². The third kappa shape index (κ3) is 4.88. The van der Waals surface area contributed by atoms with Crippen LogP contribution in [0.5, 0.6) is 5.75 Å². The van der Waals surface area contributed by atoms with Crippen molar-refractivity contribution in [3.05, 3.63) is 59.1 Å². The first kappa shape index (κ1) is 15.5. The Morgan fingerprint density at radius 1 is 1.05 bits per heavy atom. The molecular weight excluding hydrogens is 300 g/mol. The zero-order valence-electron chi connectivity index (χ0n) is 11.0. The smallest absolute Gasteiger partial charge is 0.387 e. The maximum Gasteiger partial charge on any atom is 0.387 e. The number of hydrogen-bond donors (Lipinski definition) is 2. The Balaban J connectivity index is 1.88. The zero-order chi connectivity index (χ0) is 15.2. The fourth-order valence-electron chi connectivity index (χ4n) is 1.77. The number of anilines is 1. The van der Waals surface area contributed by atoms with Crippen molar-refractivity contribution in [1.29, 1.82) is 0 Å². The first-order valence-electron chi connectivity index (χ1n) is 6.27. The zero-order valence-corrected chi connectivity index (χ0v) is 11.7. The third-order valence-corrected chi connectivity index (χ3v) is 3.09. The molecule has 0 bridgehead atoms. The molecule has 21 heavy (non-hydrogen) atoms. The number of ether oxygens (including phenoxy) is 1. The monoisotopic (exact) mass is 313 g/mol. The number of rotatable bonds is 6. The summed E-state index contributed by atoms with van der Waals surface area (Å²) in [6.45, 7) is -2.55. The van der Waals surface area contributed by atoms with Gasteiger partial charge in [0.25, 0.3) is 0 Å². The van der Waals surface area contributed by atoms with Crippen LogP contribution in [0.4, 0.5) is 14.5 Å². The summed E-state index contributed by atoms with van der Waals surface area (Å²) in [6, 6.07) is 13.0. The molecule has 112 valence electrons. The SMILES string of the molecule is OC(CNc1ccc(OC(F)F)cc1)c1ccc(Cl)cc1. The summed E-state index contributed by atoms with van der Waals surface area (Å²) in [6.07, 6.45) is -0.695. The van der Waals surface area contributed by atoms with Crippen LogP contribution in [0.25, 0.3) is 0 Å². The van der Waals surface area contributed by atoms with Crippen molar-refractivity contribution in [3.8, 4) is 5.75 Å². The van der Waals surface area contributed by atoms with Crippen molar-refractivity contribution >= 4 is 17.3 Å². The predicted octanol–water partition coefficient (Wildman–Crippen LogP) is 4.09. The molecule has 0 fully saturated rings. The van der Waals surface area contributed by atoms with E-state index in [1.165, 1.54) is 12.1 Å². The van der Waals surface area contributed by atoms with Crippen LogP contribution in [0, 0.1) is 0 Å². The van der Waals surface area contributed by atoms with E-state index in [-0.39, 0.29) is 12.3 Å². The maximum absolute atomic E-state index is 12.0. The Kier molecular flexibility index (Phi) is 5.36. The van der Waals surface area contributed by atoms with Gasteiger partial charge in [-0.1, -0.05) is 23.7 Å². The average molecular weight is 314 g/mol. The van der Waals surface area contributed by atoms with Gasteiger partial charge in [-0.2, -0.15) is 8.78 Å². The summed E-state index contributed by atoms with van der Waals surface area (Å²) in [7, 11) is 0. The molecule has 0 aromatic heterocycles. The molecule has 2 N–H and O–H groups in total. The van der Waals surface area contributed by atoms with Crippen molar-refractivity contribution in [1.82, 2.24) is 0 Å². The largest absolute Gasteiger partial charge is 0.435 e. The lowest BCUT2D eigenvalue weighted by molar-refractivity contribution is -0.0498. The minimum Gasteiger partial charge on any atom is -0.435 e. The molecule has 3 nitrogen and oxygen atoms in total. The summed E-state index contributed by atoms with van der Waals surface area (Å²) < 4.78 is 28.3. The van der Waals surface area contributed by atoms with Gasteiger partial charge in [0.2, 0.25) is 0 Å². The van der Waals surface area contributed by atoms with Gasteiger partial charge < -0.3 is 15.2 Å². The first-order valence-corrected chi connectivity index (χ1v) is 6.64. The quantitative estimate of drug-likeness (QED) is 0.844. The highest BCUT2D eigenvalue weighted by Crippen LogP contribution is 2.20. The highest BCUT2D eigenvalue weighted by Gasteiger charge is 2.08. The predicted molar refractivity (Wildman–Crippen MR) is 78.0 cm³/mol. The van der Waals surface area contributed by atoms with Crippen molar-refractivity contribution in [2.45, 2.75) is 12.7 Å². The first-order chi connectivity index (χ1) is 10.0. The van der Waals surface area contributed by atoms with Gasteiger partial charge in [0.05, 0.1) is 6.10 Å². The minimum absolute atomic E-state index is 0.0915. The normalized spacial score (nSPS) is 12.2. The van der Waals surface area contributed by atoms with Crippen LogP contribution in [0.3, 0.4) is 0 Å². The van der Waals surface area contributed by atoms with Crippen LogP contribution < -0.4 is 10.1 Å². The molecule has 1 unspecified atom stereocenters. The summed E-state index contributed by atoms with van der Waals surface area (Å²) in [4.78, 5) is 0. The van der Waals surface area contributed by atoms with Crippen molar-refractivity contribution in [3.63, 3.8) is 0 Å². The van der Waals surface area contributed by atoms with Gasteiger partial charge >= 0.3 is 6.61 Å². The Labute approximate surface area is 126 Å². The van der Waals surface area contributed by atoms with E-state index in [1.54, 1.807) is 36.4 Å². The lowest BCUT2D eigenvalue weighted by Crippen LogP contribution is -2.12. The van der Waals surface area contributed by atoms with Crippen LogP contribution in [-0.4, -0.2) is 18.3 Å². The lowest BCUT2D eigenvalue weighted by Gasteiger charge is -2.13. The molecule has 2 aromatic rings. The molecule has 2 aromatic carbocycles. The number of benzene rings is 2. The van der Waals surface area contributed by atoms with Gasteiger partial charge in [-0.3, -0.25) is 0 Å². The number of nitrogens with one attached hydrogen (secondary N) is 1. The van der Waals surface area contributed by atoms with Gasteiger partial charge in [-0.25, -0.2) is 0 Å². The van der Waals surface area contributed by atoms with Crippen LogP contribution in [0.15, 0.2) is 48.5 Å². The van der Waals surface area contributed by atoms with Crippen LogP contribution in [-0.2, 0) is 0 Å². The van der Waals surface area contributed by atoms with Gasteiger partial charge in [0, 0.05) is 17.3 Å². The second-order valence-corrected chi connectivity index (χ2v) is 4.79. The Bertz CT molecular complexity index is 561. The van der Waals surface area contributed by atoms with E-state index in [2.05, 4.69) is 10.1 Å². The molecule has 0 aliphatic carbocycles. The van der Waals surface area contributed by atoms with Crippen LogP contribution >= 0.6 is 11.6 Å². The highest BCUT2D eigenvalue weighted by atomic mass is 35.5. The number of aliphatic hydroxyl groups is 1. The molecule has 0 heterocycles. The molecule has 0 saturated heterocycles. The third-order valence-electron chi connectivity index (χ3n) is 2.83. The molecule has 0 amide bonds. The molecule has 0 spiro atoms. The number of halogens is 3.